The molecular formula is C20H17ClN2O4S2. The number of rotatable bonds is 4. The first-order valence-electron chi connectivity index (χ1n) is 8.85. The normalized spacial score (nSPS) is 14.3. The molecule has 0 spiro atoms. The van der Waals surface area contributed by atoms with Gasteiger partial charge in [0.05, 0.1) is 15.8 Å². The second kappa shape index (κ2) is 8.30. The molecule has 0 saturated carbocycles. The highest BCUT2D eigenvalue weighted by molar-refractivity contribution is 8.19. The van der Waals surface area contributed by atoms with Crippen molar-refractivity contribution in [2.45, 2.75) is 18.4 Å². The van der Waals surface area contributed by atoms with Crippen LogP contribution in [0.5, 0.6) is 11.5 Å². The van der Waals surface area contributed by atoms with Crippen molar-refractivity contribution in [2.75, 3.05) is 11.5 Å². The number of hydrogen-bond donors (Lipinski definition) is 0. The van der Waals surface area contributed by atoms with Crippen molar-refractivity contribution in [3.63, 3.8) is 0 Å². The van der Waals surface area contributed by atoms with Crippen molar-refractivity contribution in [1.82, 2.24) is 9.78 Å². The summed E-state index contributed by atoms with van der Waals surface area (Å²) in [7, 11) is 0. The number of hydrogen-bond acceptors (Lipinski definition) is 7. The maximum atomic E-state index is 11.4. The number of nitrogens with zero attached hydrogens (tertiary/aromatic N) is 2. The summed E-state index contributed by atoms with van der Waals surface area (Å²) in [5.41, 5.74) is 2.50. The topological polar surface area (TPSA) is 70.4 Å². The Labute approximate surface area is 180 Å². The van der Waals surface area contributed by atoms with Gasteiger partial charge in [0, 0.05) is 36.3 Å². The van der Waals surface area contributed by atoms with Crippen molar-refractivity contribution in [3.8, 4) is 17.2 Å². The monoisotopic (exact) mass is 448 g/mol. The number of carbonyl (C=O) groups excluding carboxylic acids is 2. The molecule has 1 aliphatic rings. The molecular weight excluding hydrogens is 432 g/mol. The number of benzene rings is 2. The van der Waals surface area contributed by atoms with Gasteiger partial charge < -0.3 is 9.47 Å². The van der Waals surface area contributed by atoms with Crippen LogP contribution in [0.3, 0.4) is 0 Å². The molecule has 4 rings (SSSR count). The molecule has 3 aromatic rings. The van der Waals surface area contributed by atoms with Crippen LogP contribution in [0.4, 0.5) is 0 Å². The Hall–Kier alpha value is -2.16. The minimum atomic E-state index is -0.397. The number of thioether (sulfide) groups is 2. The van der Waals surface area contributed by atoms with E-state index in [4.69, 9.17) is 21.1 Å². The molecule has 0 aliphatic carbocycles. The van der Waals surface area contributed by atoms with Gasteiger partial charge in [0.1, 0.15) is 16.7 Å². The minimum absolute atomic E-state index is 0.195. The molecule has 1 aromatic heterocycles. The molecule has 150 valence electrons. The largest absolute Gasteiger partial charge is 0.427 e. The highest BCUT2D eigenvalue weighted by Gasteiger charge is 2.25. The summed E-state index contributed by atoms with van der Waals surface area (Å²) in [5, 5.41) is 5.75. The van der Waals surface area contributed by atoms with E-state index in [-0.39, 0.29) is 10.6 Å². The van der Waals surface area contributed by atoms with Crippen molar-refractivity contribution < 1.29 is 19.1 Å². The van der Waals surface area contributed by atoms with E-state index in [2.05, 4.69) is 5.10 Å². The molecule has 0 atom stereocenters. The second-order valence-corrected chi connectivity index (χ2v) is 9.45. The van der Waals surface area contributed by atoms with Crippen molar-refractivity contribution in [3.05, 3.63) is 47.1 Å². The van der Waals surface area contributed by atoms with Crippen LogP contribution in [0.1, 0.15) is 24.0 Å². The van der Waals surface area contributed by atoms with Gasteiger partial charge in [-0.2, -0.15) is 5.10 Å². The molecule has 1 saturated heterocycles. The first-order chi connectivity index (χ1) is 13.9. The number of esters is 2. The Morgan fingerprint density at radius 3 is 2.31 bits per heavy atom. The molecule has 0 amide bonds. The molecule has 0 bridgehead atoms. The van der Waals surface area contributed by atoms with Crippen LogP contribution < -0.4 is 9.47 Å². The molecule has 6 nitrogen and oxygen atoms in total. The average molecular weight is 449 g/mol. The molecule has 2 aromatic carbocycles. The number of ether oxygens (including phenoxy) is 2. The second-order valence-electron chi connectivity index (χ2n) is 6.36. The van der Waals surface area contributed by atoms with E-state index in [1.54, 1.807) is 28.9 Å². The van der Waals surface area contributed by atoms with Crippen molar-refractivity contribution in [1.29, 1.82) is 0 Å². The van der Waals surface area contributed by atoms with Crippen LogP contribution in [0.2, 0.25) is 5.15 Å². The predicted molar refractivity (Wildman–Crippen MR) is 116 cm³/mol. The zero-order valence-electron chi connectivity index (χ0n) is 15.7. The van der Waals surface area contributed by atoms with Gasteiger partial charge in [-0.25, -0.2) is 4.68 Å². The molecule has 29 heavy (non-hydrogen) atoms. The third-order valence-corrected chi connectivity index (χ3v) is 7.64. The maximum Gasteiger partial charge on any atom is 0.308 e. The number of halogens is 1. The molecule has 2 heterocycles. The molecule has 0 N–H and O–H groups in total. The van der Waals surface area contributed by atoms with Crippen LogP contribution >= 0.6 is 35.1 Å². The molecule has 9 heteroatoms. The number of aromatic nitrogens is 2. The van der Waals surface area contributed by atoms with E-state index in [0.29, 0.717) is 27.6 Å². The number of fused-ring (bicyclic) bond motifs is 1. The van der Waals surface area contributed by atoms with Crippen LogP contribution in [0.15, 0.2) is 36.4 Å². The van der Waals surface area contributed by atoms with E-state index < -0.39 is 5.97 Å². The van der Waals surface area contributed by atoms with Gasteiger partial charge in [-0.05, 0) is 36.4 Å². The zero-order chi connectivity index (χ0) is 20.5. The Morgan fingerprint density at radius 1 is 1.03 bits per heavy atom. The van der Waals surface area contributed by atoms with Gasteiger partial charge in [0.15, 0.2) is 0 Å². The molecule has 0 radical (unpaired) electrons. The van der Waals surface area contributed by atoms with Gasteiger partial charge in [0.2, 0.25) is 0 Å². The first kappa shape index (κ1) is 20.1. The van der Waals surface area contributed by atoms with Gasteiger partial charge in [-0.15, -0.1) is 23.5 Å². The lowest BCUT2D eigenvalue weighted by Gasteiger charge is -2.16. The SMILES string of the molecule is CC(=O)Oc1ccc(-n2nc3ccc(OC(C)=O)cc3c2Cl)c(C2SCCS2)c1. The van der Waals surface area contributed by atoms with E-state index in [1.165, 1.54) is 13.8 Å². The van der Waals surface area contributed by atoms with E-state index in [9.17, 15) is 9.59 Å². The summed E-state index contributed by atoms with van der Waals surface area (Å²) >= 11 is 10.3. The van der Waals surface area contributed by atoms with Crippen LogP contribution in [-0.2, 0) is 9.59 Å². The van der Waals surface area contributed by atoms with Crippen molar-refractivity contribution in [2.24, 2.45) is 0 Å². The Kier molecular flexibility index (Phi) is 5.76. The lowest BCUT2D eigenvalue weighted by Crippen LogP contribution is -2.06. The smallest absolute Gasteiger partial charge is 0.308 e. The number of carbonyl (C=O) groups is 2. The van der Waals surface area contributed by atoms with Gasteiger partial charge >= 0.3 is 11.9 Å². The summed E-state index contributed by atoms with van der Waals surface area (Å²) in [6, 6.07) is 10.6. The third kappa shape index (κ3) is 4.24. The predicted octanol–water partition coefficient (Wildman–Crippen LogP) is 5.01. The fourth-order valence-electron chi connectivity index (χ4n) is 3.10. The van der Waals surface area contributed by atoms with E-state index in [0.717, 1.165) is 22.8 Å². The summed E-state index contributed by atoms with van der Waals surface area (Å²) in [5.74, 6) is 2.25. The highest BCUT2D eigenvalue weighted by Crippen LogP contribution is 2.48. The van der Waals surface area contributed by atoms with Crippen LogP contribution in [0, 0.1) is 0 Å². The zero-order valence-corrected chi connectivity index (χ0v) is 18.1. The van der Waals surface area contributed by atoms with Crippen LogP contribution in [-0.4, -0.2) is 33.2 Å². The quantitative estimate of drug-likeness (QED) is 0.410. The summed E-state index contributed by atoms with van der Waals surface area (Å²) in [6.45, 7) is 2.73. The minimum Gasteiger partial charge on any atom is -0.427 e. The van der Waals surface area contributed by atoms with Crippen molar-refractivity contribution >= 4 is 58.0 Å². The summed E-state index contributed by atoms with van der Waals surface area (Å²) in [4.78, 5) is 22.6. The van der Waals surface area contributed by atoms with Gasteiger partial charge in [0.25, 0.3) is 0 Å². The molecule has 1 aliphatic heterocycles. The van der Waals surface area contributed by atoms with Crippen LogP contribution in [0.25, 0.3) is 16.6 Å². The third-order valence-electron chi connectivity index (χ3n) is 4.21. The Balaban J connectivity index is 1.82. The fraction of sp³-hybridized carbons (Fsp3) is 0.250. The summed E-state index contributed by atoms with van der Waals surface area (Å²) < 4.78 is 12.3. The maximum absolute atomic E-state index is 11.4. The van der Waals surface area contributed by atoms with E-state index >= 15 is 0 Å². The summed E-state index contributed by atoms with van der Waals surface area (Å²) in [6.07, 6.45) is 0. The Bertz CT molecular complexity index is 1110. The lowest BCUT2D eigenvalue weighted by atomic mass is 10.2. The molecule has 0 unspecified atom stereocenters. The lowest BCUT2D eigenvalue weighted by molar-refractivity contribution is -0.132. The van der Waals surface area contributed by atoms with E-state index in [1.807, 2.05) is 35.7 Å². The Morgan fingerprint density at radius 2 is 1.66 bits per heavy atom. The fourth-order valence-corrected chi connectivity index (χ4v) is 6.28. The standard InChI is InChI=1S/C20H17ClN2O4S2/c1-11(24)26-13-3-5-17-15(9-13)19(21)23(22-17)18-6-4-14(27-12(2)25)10-16(18)20-28-7-8-29-20/h3-6,9-10,20H,7-8H2,1-2H3. The first-order valence-corrected chi connectivity index (χ1v) is 11.3. The molecule has 1 fully saturated rings. The van der Waals surface area contributed by atoms with Gasteiger partial charge in [-0.1, -0.05) is 11.6 Å². The highest BCUT2D eigenvalue weighted by atomic mass is 35.5. The average Bonchev–Trinajstić information content (AvgIpc) is 3.30. The van der Waals surface area contributed by atoms with Gasteiger partial charge in [-0.3, -0.25) is 9.59 Å².